The molecule has 1 aromatic heterocycles. The van der Waals surface area contributed by atoms with E-state index < -0.39 is 34.9 Å². The highest BCUT2D eigenvalue weighted by atomic mass is 32.1. The van der Waals surface area contributed by atoms with Gasteiger partial charge in [-0.3, -0.25) is 9.59 Å². The summed E-state index contributed by atoms with van der Waals surface area (Å²) in [4.78, 5) is 41.8. The lowest BCUT2D eigenvalue weighted by Gasteiger charge is -2.39. The molecule has 150 valence electrons. The van der Waals surface area contributed by atoms with E-state index in [0.29, 0.717) is 5.01 Å². The van der Waals surface area contributed by atoms with Crippen molar-refractivity contribution in [2.75, 3.05) is 0 Å². The molecule has 1 aliphatic carbocycles. The Kier molecular flexibility index (Phi) is 5.23. The van der Waals surface area contributed by atoms with E-state index in [9.17, 15) is 29.0 Å². The highest BCUT2D eigenvalue weighted by Crippen LogP contribution is 2.53. The number of Topliss-reactive ketones (excluding diaryl/α,β-unsaturated/α-hetero) is 1. The third-order valence-corrected chi connectivity index (χ3v) is 5.98. The fourth-order valence-electron chi connectivity index (χ4n) is 3.95. The summed E-state index contributed by atoms with van der Waals surface area (Å²) in [6, 6.07) is 5.37. The van der Waals surface area contributed by atoms with Crippen molar-refractivity contribution >= 4 is 34.6 Å². The van der Waals surface area contributed by atoms with Gasteiger partial charge in [0.25, 0.3) is 0 Å². The first-order chi connectivity index (χ1) is 13.6. The van der Waals surface area contributed by atoms with Crippen LogP contribution in [0.15, 0.2) is 46.9 Å². The molecule has 1 aliphatic rings. The molecule has 0 amide bonds. The summed E-state index contributed by atoms with van der Waals surface area (Å²) in [6.45, 7) is 4.30. The zero-order valence-corrected chi connectivity index (χ0v) is 16.7. The minimum Gasteiger partial charge on any atom is -0.480 e. The van der Waals surface area contributed by atoms with Crippen molar-refractivity contribution in [2.24, 2.45) is 5.41 Å². The summed E-state index contributed by atoms with van der Waals surface area (Å²) < 4.78 is 13.8. The number of benzene rings is 1. The molecular formula is C21H18FNO5S. The van der Waals surface area contributed by atoms with Gasteiger partial charge in [-0.05, 0) is 49.6 Å². The van der Waals surface area contributed by atoms with Crippen LogP contribution < -0.4 is 0 Å². The number of aliphatic carboxylic acids is 2. The van der Waals surface area contributed by atoms with Gasteiger partial charge in [-0.15, -0.1) is 11.3 Å². The molecule has 1 aromatic carbocycles. The van der Waals surface area contributed by atoms with Gasteiger partial charge in [-0.25, -0.2) is 14.2 Å². The Labute approximate surface area is 170 Å². The van der Waals surface area contributed by atoms with Crippen molar-refractivity contribution in [1.29, 1.82) is 0 Å². The molecule has 1 heterocycles. The molecule has 3 rings (SSSR count). The minimum absolute atomic E-state index is 0.156. The van der Waals surface area contributed by atoms with E-state index in [-0.39, 0.29) is 28.0 Å². The average Bonchev–Trinajstić information content (AvgIpc) is 3.05. The molecule has 0 aliphatic heterocycles. The molecule has 2 aromatic rings. The van der Waals surface area contributed by atoms with Crippen LogP contribution in [0.5, 0.6) is 0 Å². The van der Waals surface area contributed by atoms with Gasteiger partial charge in [-0.2, -0.15) is 0 Å². The number of carbonyl (C=O) groups excluding carboxylic acids is 1. The molecule has 0 spiro atoms. The summed E-state index contributed by atoms with van der Waals surface area (Å²) in [5, 5.41) is 22.3. The van der Waals surface area contributed by atoms with Crippen molar-refractivity contribution in [3.05, 3.63) is 68.9 Å². The molecule has 8 heteroatoms. The van der Waals surface area contributed by atoms with Gasteiger partial charge in [-0.1, -0.05) is 18.2 Å². The summed E-state index contributed by atoms with van der Waals surface area (Å²) in [6.07, 6.45) is 1.35. The number of rotatable bonds is 5. The number of halogens is 1. The molecule has 2 N–H and O–H groups in total. The van der Waals surface area contributed by atoms with Gasteiger partial charge in [0, 0.05) is 5.38 Å². The van der Waals surface area contributed by atoms with Crippen molar-refractivity contribution < 1.29 is 29.0 Å². The van der Waals surface area contributed by atoms with Gasteiger partial charge >= 0.3 is 11.9 Å². The number of carbonyl (C=O) groups is 3. The van der Waals surface area contributed by atoms with Crippen molar-refractivity contribution in [3.63, 3.8) is 0 Å². The van der Waals surface area contributed by atoms with Crippen molar-refractivity contribution in [3.8, 4) is 0 Å². The highest BCUT2D eigenvalue weighted by molar-refractivity contribution is 7.09. The summed E-state index contributed by atoms with van der Waals surface area (Å²) >= 11 is 1.23. The van der Waals surface area contributed by atoms with Crippen LogP contribution in [-0.4, -0.2) is 32.9 Å². The Bertz CT molecular complexity index is 1080. The number of carboxylic acids is 2. The standard InChI is InChI=1S/C21H18FNO5S/c1-10-7-15(13-5-4-6-14(22)8-13)17(19(25)26)18(16-9-29-12(3)23-16)21(10,11(2)24)20(27)28/h4-9,18H,1-3H3,(H,25,26)(H,27,28). The summed E-state index contributed by atoms with van der Waals surface area (Å²) in [7, 11) is 0. The maximum atomic E-state index is 13.8. The van der Waals surface area contributed by atoms with Crippen LogP contribution in [0.2, 0.25) is 0 Å². The largest absolute Gasteiger partial charge is 0.480 e. The first kappa shape index (κ1) is 20.6. The average molecular weight is 415 g/mol. The predicted molar refractivity (Wildman–Crippen MR) is 105 cm³/mol. The van der Waals surface area contributed by atoms with Crippen LogP contribution in [0.1, 0.15) is 36.0 Å². The van der Waals surface area contributed by atoms with Gasteiger partial charge in [0.05, 0.1) is 22.2 Å². The Hall–Kier alpha value is -3.13. The van der Waals surface area contributed by atoms with Gasteiger partial charge in [0.15, 0.2) is 11.2 Å². The summed E-state index contributed by atoms with van der Waals surface area (Å²) in [5.74, 6) is -5.47. The van der Waals surface area contributed by atoms with E-state index in [0.717, 1.165) is 6.92 Å². The predicted octanol–water partition coefficient (Wildman–Crippen LogP) is 3.83. The van der Waals surface area contributed by atoms with Crippen molar-refractivity contribution in [2.45, 2.75) is 26.7 Å². The monoisotopic (exact) mass is 415 g/mol. The number of aromatic nitrogens is 1. The Morgan fingerprint density at radius 1 is 1.21 bits per heavy atom. The zero-order valence-electron chi connectivity index (χ0n) is 15.9. The molecule has 0 fully saturated rings. The Morgan fingerprint density at radius 3 is 2.38 bits per heavy atom. The van der Waals surface area contributed by atoms with Crippen LogP contribution >= 0.6 is 11.3 Å². The number of thiazole rings is 1. The van der Waals surface area contributed by atoms with Crippen LogP contribution in [-0.2, 0) is 14.4 Å². The van der Waals surface area contributed by atoms with Gasteiger partial charge < -0.3 is 10.2 Å². The Balaban J connectivity index is 2.45. The van der Waals surface area contributed by atoms with Crippen LogP contribution in [0.25, 0.3) is 5.57 Å². The second kappa shape index (κ2) is 7.36. The zero-order chi connectivity index (χ0) is 21.5. The van der Waals surface area contributed by atoms with Gasteiger partial charge in [0.1, 0.15) is 5.82 Å². The smallest absolute Gasteiger partial charge is 0.332 e. The third-order valence-electron chi connectivity index (χ3n) is 5.19. The molecule has 0 saturated heterocycles. The first-order valence-corrected chi connectivity index (χ1v) is 9.57. The quantitative estimate of drug-likeness (QED) is 0.719. The van der Waals surface area contributed by atoms with Crippen LogP contribution in [0.3, 0.4) is 0 Å². The Morgan fingerprint density at radius 2 is 1.90 bits per heavy atom. The van der Waals surface area contributed by atoms with E-state index in [1.165, 1.54) is 48.6 Å². The lowest BCUT2D eigenvalue weighted by atomic mass is 9.60. The van der Waals surface area contributed by atoms with Gasteiger partial charge in [0.2, 0.25) is 0 Å². The minimum atomic E-state index is -2.12. The topological polar surface area (TPSA) is 105 Å². The number of allylic oxidation sites excluding steroid dienone is 2. The third kappa shape index (κ3) is 3.19. The van der Waals surface area contributed by atoms with Crippen LogP contribution in [0.4, 0.5) is 4.39 Å². The lowest BCUT2D eigenvalue weighted by molar-refractivity contribution is -0.152. The molecule has 29 heavy (non-hydrogen) atoms. The SMILES string of the molecule is CC(=O)C1(C(=O)O)C(C)=CC(c2cccc(F)c2)=C(C(=O)O)C1c1csc(C)n1. The van der Waals surface area contributed by atoms with Crippen LogP contribution in [0, 0.1) is 18.2 Å². The molecule has 2 atom stereocenters. The normalized spacial score (nSPS) is 21.7. The van der Waals surface area contributed by atoms with E-state index in [1.54, 1.807) is 12.3 Å². The number of hydrogen-bond donors (Lipinski definition) is 2. The molecule has 2 unspecified atom stereocenters. The van der Waals surface area contributed by atoms with E-state index in [1.807, 2.05) is 0 Å². The molecule has 0 saturated carbocycles. The maximum Gasteiger partial charge on any atom is 0.332 e. The molecular weight excluding hydrogens is 397 g/mol. The fraction of sp³-hybridized carbons (Fsp3) is 0.238. The molecule has 0 radical (unpaired) electrons. The van der Waals surface area contributed by atoms with E-state index in [2.05, 4.69) is 4.98 Å². The number of nitrogens with zero attached hydrogens (tertiary/aromatic N) is 1. The second-order valence-electron chi connectivity index (χ2n) is 6.86. The van der Waals surface area contributed by atoms with E-state index >= 15 is 0 Å². The molecule has 6 nitrogen and oxygen atoms in total. The second-order valence-corrected chi connectivity index (χ2v) is 7.93. The molecule has 0 bridgehead atoms. The first-order valence-electron chi connectivity index (χ1n) is 8.69. The number of hydrogen-bond acceptors (Lipinski definition) is 5. The number of carboxylic acid groups (broad SMARTS) is 2. The lowest BCUT2D eigenvalue weighted by Crippen LogP contribution is -2.48. The number of ketones is 1. The maximum absolute atomic E-state index is 13.8. The number of aryl methyl sites for hydroxylation is 1. The summed E-state index contributed by atoms with van der Waals surface area (Å²) in [5.41, 5.74) is -1.64. The highest BCUT2D eigenvalue weighted by Gasteiger charge is 2.58. The van der Waals surface area contributed by atoms with Crippen molar-refractivity contribution in [1.82, 2.24) is 4.98 Å². The fourth-order valence-corrected chi connectivity index (χ4v) is 4.59. The van der Waals surface area contributed by atoms with E-state index in [4.69, 9.17) is 0 Å².